The maximum Gasteiger partial charge on any atom is 0.236 e. The molecule has 0 aromatic heterocycles. The van der Waals surface area contributed by atoms with Crippen molar-refractivity contribution in [2.75, 3.05) is 46.8 Å². The van der Waals surface area contributed by atoms with Crippen molar-refractivity contribution in [3.05, 3.63) is 0 Å². The van der Waals surface area contributed by atoms with E-state index >= 15 is 0 Å². The molecule has 0 radical (unpaired) electrons. The summed E-state index contributed by atoms with van der Waals surface area (Å²) in [7, 11) is 3.86. The van der Waals surface area contributed by atoms with E-state index in [0.29, 0.717) is 12.5 Å². The van der Waals surface area contributed by atoms with Crippen LogP contribution in [0.25, 0.3) is 0 Å². The van der Waals surface area contributed by atoms with Crippen LogP contribution in [0.1, 0.15) is 13.3 Å². The molecule has 1 rings (SSSR count). The fourth-order valence-corrected chi connectivity index (χ4v) is 2.06. The summed E-state index contributed by atoms with van der Waals surface area (Å²) in [6.07, 6.45) is 1.09. The molecule has 1 fully saturated rings. The van der Waals surface area contributed by atoms with Crippen LogP contribution in [0.4, 0.5) is 0 Å². The fourth-order valence-electron chi connectivity index (χ4n) is 2.06. The van der Waals surface area contributed by atoms with Crippen molar-refractivity contribution < 1.29 is 4.79 Å². The number of amides is 1. The van der Waals surface area contributed by atoms with Crippen LogP contribution < -0.4 is 5.32 Å². The van der Waals surface area contributed by atoms with Crippen molar-refractivity contribution in [1.82, 2.24) is 15.1 Å². The number of rotatable bonds is 4. The highest BCUT2D eigenvalue weighted by molar-refractivity contribution is 5.78. The Balaban J connectivity index is 2.38. The van der Waals surface area contributed by atoms with Crippen LogP contribution in [0.3, 0.4) is 0 Å². The van der Waals surface area contributed by atoms with Gasteiger partial charge in [-0.1, -0.05) is 6.92 Å². The molecule has 0 aromatic carbocycles. The van der Waals surface area contributed by atoms with Crippen LogP contribution in [-0.2, 0) is 4.79 Å². The Morgan fingerprint density at radius 1 is 1.47 bits per heavy atom. The van der Waals surface area contributed by atoms with Gasteiger partial charge in [0.1, 0.15) is 0 Å². The molecule has 0 bridgehead atoms. The van der Waals surface area contributed by atoms with E-state index in [1.165, 1.54) is 0 Å². The van der Waals surface area contributed by atoms with E-state index in [-0.39, 0.29) is 5.91 Å². The molecule has 0 saturated carbocycles. The molecule has 0 aromatic rings. The highest BCUT2D eigenvalue weighted by atomic mass is 16.2. The SMILES string of the molecule is CNCC(C)CN1CCCN(C)C(=O)C1. The number of hydrogen-bond acceptors (Lipinski definition) is 3. The number of nitrogens with zero attached hydrogens (tertiary/aromatic N) is 2. The summed E-state index contributed by atoms with van der Waals surface area (Å²) in [6.45, 7) is 6.78. The molecule has 4 heteroatoms. The number of hydrogen-bond donors (Lipinski definition) is 1. The Morgan fingerprint density at radius 3 is 2.87 bits per heavy atom. The quantitative estimate of drug-likeness (QED) is 0.714. The zero-order valence-electron chi connectivity index (χ0n) is 10.1. The number of likely N-dealkylation sites (N-methyl/N-ethyl adjacent to an activating group) is 1. The van der Waals surface area contributed by atoms with E-state index < -0.39 is 0 Å². The molecule has 1 heterocycles. The van der Waals surface area contributed by atoms with Gasteiger partial charge in [0.15, 0.2) is 0 Å². The minimum absolute atomic E-state index is 0.254. The monoisotopic (exact) mass is 213 g/mol. The van der Waals surface area contributed by atoms with Crippen LogP contribution in [0.15, 0.2) is 0 Å². The van der Waals surface area contributed by atoms with Gasteiger partial charge in [-0.3, -0.25) is 9.69 Å². The topological polar surface area (TPSA) is 35.6 Å². The van der Waals surface area contributed by atoms with E-state index in [1.54, 1.807) is 0 Å². The molecule has 1 saturated heterocycles. The molecule has 0 aliphatic carbocycles. The lowest BCUT2D eigenvalue weighted by molar-refractivity contribution is -0.129. The maximum absolute atomic E-state index is 11.6. The molecule has 1 amide bonds. The smallest absolute Gasteiger partial charge is 0.236 e. The number of nitrogens with one attached hydrogen (secondary N) is 1. The average molecular weight is 213 g/mol. The van der Waals surface area contributed by atoms with Crippen LogP contribution in [0.5, 0.6) is 0 Å². The van der Waals surface area contributed by atoms with Gasteiger partial charge >= 0.3 is 0 Å². The lowest BCUT2D eigenvalue weighted by Gasteiger charge is -2.23. The summed E-state index contributed by atoms with van der Waals surface area (Å²) >= 11 is 0. The van der Waals surface area contributed by atoms with Gasteiger partial charge in [0.05, 0.1) is 6.54 Å². The minimum atomic E-state index is 0.254. The van der Waals surface area contributed by atoms with E-state index in [4.69, 9.17) is 0 Å². The van der Waals surface area contributed by atoms with Crippen molar-refractivity contribution in [2.24, 2.45) is 5.92 Å². The van der Waals surface area contributed by atoms with Crippen LogP contribution in [-0.4, -0.2) is 62.5 Å². The molecular weight excluding hydrogens is 190 g/mol. The largest absolute Gasteiger partial charge is 0.345 e. The van der Waals surface area contributed by atoms with E-state index in [0.717, 1.165) is 32.6 Å². The van der Waals surface area contributed by atoms with Crippen LogP contribution in [0.2, 0.25) is 0 Å². The number of carbonyl (C=O) groups is 1. The second-order valence-corrected chi connectivity index (χ2v) is 4.57. The molecule has 1 aliphatic rings. The van der Waals surface area contributed by atoms with Gasteiger partial charge in [-0.25, -0.2) is 0 Å². The second-order valence-electron chi connectivity index (χ2n) is 4.57. The minimum Gasteiger partial charge on any atom is -0.345 e. The number of carbonyl (C=O) groups excluding carboxylic acids is 1. The van der Waals surface area contributed by atoms with Gasteiger partial charge in [-0.15, -0.1) is 0 Å². The summed E-state index contributed by atoms with van der Waals surface area (Å²) in [6, 6.07) is 0. The van der Waals surface area contributed by atoms with E-state index in [9.17, 15) is 4.79 Å². The van der Waals surface area contributed by atoms with Gasteiger partial charge in [-0.2, -0.15) is 0 Å². The Bertz CT molecular complexity index is 208. The third-order valence-corrected chi connectivity index (χ3v) is 2.87. The lowest BCUT2D eigenvalue weighted by atomic mass is 10.1. The Hall–Kier alpha value is -0.610. The molecule has 88 valence electrons. The Kier molecular flexibility index (Phi) is 5.05. The van der Waals surface area contributed by atoms with Crippen molar-refractivity contribution in [2.45, 2.75) is 13.3 Å². The highest BCUT2D eigenvalue weighted by Gasteiger charge is 2.19. The molecule has 1 atom stereocenters. The summed E-state index contributed by atoms with van der Waals surface area (Å²) in [5.41, 5.74) is 0. The molecule has 1 unspecified atom stereocenters. The van der Waals surface area contributed by atoms with Gasteiger partial charge < -0.3 is 10.2 Å². The molecule has 1 N–H and O–H groups in total. The fraction of sp³-hybridized carbons (Fsp3) is 0.909. The summed E-state index contributed by atoms with van der Waals surface area (Å²) < 4.78 is 0. The van der Waals surface area contributed by atoms with Crippen molar-refractivity contribution >= 4 is 5.91 Å². The van der Waals surface area contributed by atoms with Crippen LogP contribution >= 0.6 is 0 Å². The third-order valence-electron chi connectivity index (χ3n) is 2.87. The second kappa shape index (κ2) is 6.08. The molecule has 15 heavy (non-hydrogen) atoms. The van der Waals surface area contributed by atoms with E-state index in [2.05, 4.69) is 17.1 Å². The summed E-state index contributed by atoms with van der Waals surface area (Å²) in [5.74, 6) is 0.857. The molecule has 4 nitrogen and oxygen atoms in total. The van der Waals surface area contributed by atoms with Crippen molar-refractivity contribution in [3.63, 3.8) is 0 Å². The molecule has 1 aliphatic heterocycles. The first-order valence-corrected chi connectivity index (χ1v) is 5.74. The molecular formula is C11H23N3O. The lowest BCUT2D eigenvalue weighted by Crippen LogP contribution is -2.38. The van der Waals surface area contributed by atoms with Gasteiger partial charge in [-0.05, 0) is 25.9 Å². The maximum atomic E-state index is 11.6. The van der Waals surface area contributed by atoms with Gasteiger partial charge in [0, 0.05) is 26.7 Å². The predicted molar refractivity (Wildman–Crippen MR) is 61.8 cm³/mol. The Labute approximate surface area is 92.6 Å². The summed E-state index contributed by atoms with van der Waals surface area (Å²) in [4.78, 5) is 15.7. The molecule has 0 spiro atoms. The third kappa shape index (κ3) is 4.18. The Morgan fingerprint density at radius 2 is 2.20 bits per heavy atom. The predicted octanol–water partition coefficient (Wildman–Crippen LogP) is 0.00600. The van der Waals surface area contributed by atoms with Crippen LogP contribution in [0, 0.1) is 5.92 Å². The normalized spacial score (nSPS) is 21.5. The first-order chi connectivity index (χ1) is 7.13. The zero-order valence-corrected chi connectivity index (χ0v) is 10.1. The van der Waals surface area contributed by atoms with E-state index in [1.807, 2.05) is 19.0 Å². The van der Waals surface area contributed by atoms with Gasteiger partial charge in [0.25, 0.3) is 0 Å². The average Bonchev–Trinajstić information content (AvgIpc) is 2.30. The summed E-state index contributed by atoms with van der Waals surface area (Å²) in [5, 5.41) is 3.17. The van der Waals surface area contributed by atoms with Crippen molar-refractivity contribution in [3.8, 4) is 0 Å². The first kappa shape index (κ1) is 12.5. The highest BCUT2D eigenvalue weighted by Crippen LogP contribution is 2.05. The van der Waals surface area contributed by atoms with Gasteiger partial charge in [0.2, 0.25) is 5.91 Å². The standard InChI is InChI=1S/C11H23N3O/c1-10(7-12-2)8-14-6-4-5-13(3)11(15)9-14/h10,12H,4-9H2,1-3H3. The first-order valence-electron chi connectivity index (χ1n) is 5.74. The zero-order chi connectivity index (χ0) is 11.3. The van der Waals surface area contributed by atoms with Crippen molar-refractivity contribution in [1.29, 1.82) is 0 Å².